The van der Waals surface area contributed by atoms with Crippen molar-refractivity contribution in [3.05, 3.63) is 47.7 Å². The van der Waals surface area contributed by atoms with E-state index in [4.69, 9.17) is 4.52 Å². The quantitative estimate of drug-likeness (QED) is 0.327. The molecule has 0 bridgehead atoms. The SMILES string of the molecule is Cc1cc(NS(=O)(=O)NC(=O)N2C[C@H](NC(=O)Cc3ccccc3)C2=O)no1.[H-].[Na+]. The Morgan fingerprint density at radius 1 is 1.31 bits per heavy atom. The number of carbonyl (C=O) groups excluding carboxylic acids is 3. The van der Waals surface area contributed by atoms with E-state index in [0.717, 1.165) is 5.56 Å². The van der Waals surface area contributed by atoms with Crippen LogP contribution in [0.1, 0.15) is 12.8 Å². The number of urea groups is 1. The number of hydrogen-bond acceptors (Lipinski definition) is 7. The second kappa shape index (κ2) is 9.39. The summed E-state index contributed by atoms with van der Waals surface area (Å²) in [6.07, 6.45) is 0.0895. The molecule has 13 heteroatoms. The Kier molecular flexibility index (Phi) is 7.41. The summed E-state index contributed by atoms with van der Waals surface area (Å²) in [5.41, 5.74) is 0.779. The first-order chi connectivity index (χ1) is 13.2. The van der Waals surface area contributed by atoms with Gasteiger partial charge >= 0.3 is 45.8 Å². The first-order valence-corrected chi connectivity index (χ1v) is 9.64. The minimum Gasteiger partial charge on any atom is -1.00 e. The number of aromatic nitrogens is 1. The number of hydrogen-bond donors (Lipinski definition) is 3. The molecule has 150 valence electrons. The van der Waals surface area contributed by atoms with Crippen molar-refractivity contribution >= 4 is 33.9 Å². The fraction of sp³-hybridized carbons (Fsp3) is 0.250. The van der Waals surface area contributed by atoms with Crippen LogP contribution in [0.2, 0.25) is 0 Å². The number of nitrogens with zero attached hydrogens (tertiary/aromatic N) is 2. The molecule has 1 aliphatic heterocycles. The molecule has 29 heavy (non-hydrogen) atoms. The van der Waals surface area contributed by atoms with E-state index in [2.05, 4.69) is 10.5 Å². The molecule has 1 atom stereocenters. The zero-order chi connectivity index (χ0) is 20.3. The van der Waals surface area contributed by atoms with Crippen LogP contribution in [0.5, 0.6) is 0 Å². The molecular formula is C16H18N5NaO6S. The Labute approximate surface area is 190 Å². The molecule has 1 fully saturated rings. The van der Waals surface area contributed by atoms with Gasteiger partial charge in [-0.25, -0.2) is 14.2 Å². The van der Waals surface area contributed by atoms with Crippen LogP contribution in [0, 0.1) is 6.92 Å². The maximum atomic E-state index is 12.0. The third-order valence-electron chi connectivity index (χ3n) is 3.81. The van der Waals surface area contributed by atoms with E-state index in [0.29, 0.717) is 10.7 Å². The van der Waals surface area contributed by atoms with E-state index in [1.807, 2.05) is 10.8 Å². The zero-order valence-corrected chi connectivity index (χ0v) is 18.5. The number of nitrogens with one attached hydrogen (secondary N) is 3. The van der Waals surface area contributed by atoms with E-state index in [1.54, 1.807) is 35.9 Å². The Morgan fingerprint density at radius 3 is 2.59 bits per heavy atom. The summed E-state index contributed by atoms with van der Waals surface area (Å²) in [7, 11) is -4.30. The second-order valence-electron chi connectivity index (χ2n) is 6.07. The van der Waals surface area contributed by atoms with Gasteiger partial charge in [-0.15, -0.1) is 0 Å². The maximum absolute atomic E-state index is 12.0. The molecule has 2 heterocycles. The van der Waals surface area contributed by atoms with Gasteiger partial charge in [0.2, 0.25) is 5.91 Å². The minimum atomic E-state index is -4.30. The molecule has 0 saturated carbocycles. The number of aryl methyl sites for hydroxylation is 1. The number of imide groups is 1. The Bertz CT molecular complexity index is 1020. The van der Waals surface area contributed by atoms with E-state index in [9.17, 15) is 22.8 Å². The van der Waals surface area contributed by atoms with Gasteiger partial charge in [-0.3, -0.25) is 14.5 Å². The molecule has 1 aromatic carbocycles. The summed E-state index contributed by atoms with van der Waals surface area (Å²) in [5, 5.41) is 5.94. The average Bonchev–Trinajstić information content (AvgIpc) is 3.02. The molecule has 2 aromatic rings. The zero-order valence-electron chi connectivity index (χ0n) is 16.7. The molecule has 0 radical (unpaired) electrons. The van der Waals surface area contributed by atoms with Crippen LogP contribution in [0.3, 0.4) is 0 Å². The van der Waals surface area contributed by atoms with E-state index < -0.39 is 28.2 Å². The number of rotatable bonds is 6. The van der Waals surface area contributed by atoms with Crippen molar-refractivity contribution < 1.29 is 58.3 Å². The van der Waals surface area contributed by atoms with Gasteiger partial charge in [-0.2, -0.15) is 8.42 Å². The molecule has 3 N–H and O–H groups in total. The Morgan fingerprint density at radius 2 is 2.00 bits per heavy atom. The Hall–Kier alpha value is -2.41. The van der Waals surface area contributed by atoms with Crippen molar-refractivity contribution in [3.8, 4) is 0 Å². The van der Waals surface area contributed by atoms with Gasteiger partial charge in [0.15, 0.2) is 5.82 Å². The molecule has 3 rings (SSSR count). The maximum Gasteiger partial charge on any atom is 1.00 e. The summed E-state index contributed by atoms with van der Waals surface area (Å²) in [5.74, 6) is -0.818. The first-order valence-electron chi connectivity index (χ1n) is 8.16. The fourth-order valence-corrected chi connectivity index (χ4v) is 3.25. The summed E-state index contributed by atoms with van der Waals surface area (Å²) >= 11 is 0. The molecular weight excluding hydrogens is 413 g/mol. The van der Waals surface area contributed by atoms with Crippen LogP contribution in [0.25, 0.3) is 0 Å². The molecule has 1 aromatic heterocycles. The molecule has 0 aliphatic carbocycles. The predicted octanol–water partition coefficient (Wildman–Crippen LogP) is -2.96. The summed E-state index contributed by atoms with van der Waals surface area (Å²) in [6, 6.07) is 8.25. The van der Waals surface area contributed by atoms with Gasteiger partial charge in [-0.1, -0.05) is 35.5 Å². The van der Waals surface area contributed by atoms with Gasteiger partial charge in [0.25, 0.3) is 5.91 Å². The van der Waals surface area contributed by atoms with Gasteiger partial charge < -0.3 is 11.3 Å². The average molecular weight is 431 g/mol. The van der Waals surface area contributed by atoms with Crippen molar-refractivity contribution in [2.24, 2.45) is 0 Å². The minimum absolute atomic E-state index is 0. The summed E-state index contributed by atoms with van der Waals surface area (Å²) in [4.78, 5) is 36.7. The Balaban J connectivity index is 0.00000225. The van der Waals surface area contributed by atoms with Crippen LogP contribution in [-0.2, 0) is 26.2 Å². The van der Waals surface area contributed by atoms with Crippen molar-refractivity contribution in [2.45, 2.75) is 19.4 Å². The van der Waals surface area contributed by atoms with Gasteiger partial charge in [0.05, 0.1) is 13.0 Å². The predicted molar refractivity (Wildman–Crippen MR) is 97.2 cm³/mol. The number of carbonyl (C=O) groups is 3. The molecule has 0 spiro atoms. The van der Waals surface area contributed by atoms with Crippen LogP contribution < -0.4 is 44.3 Å². The van der Waals surface area contributed by atoms with Crippen LogP contribution in [0.15, 0.2) is 40.9 Å². The van der Waals surface area contributed by atoms with Crippen LogP contribution >= 0.6 is 0 Å². The monoisotopic (exact) mass is 431 g/mol. The number of β-lactam (4-membered cyclic amide) rings is 1. The number of likely N-dealkylation sites (tertiary alicyclic amines) is 1. The second-order valence-corrected chi connectivity index (χ2v) is 7.48. The largest absolute Gasteiger partial charge is 1.00 e. The van der Waals surface area contributed by atoms with Crippen molar-refractivity contribution in [1.82, 2.24) is 20.1 Å². The molecule has 1 aliphatic rings. The smallest absolute Gasteiger partial charge is 1.00 e. The van der Waals surface area contributed by atoms with E-state index >= 15 is 0 Å². The van der Waals surface area contributed by atoms with Crippen molar-refractivity contribution in [1.29, 1.82) is 0 Å². The van der Waals surface area contributed by atoms with Crippen molar-refractivity contribution in [3.63, 3.8) is 0 Å². The normalized spacial score (nSPS) is 15.7. The third kappa shape index (κ3) is 6.03. The van der Waals surface area contributed by atoms with Gasteiger partial charge in [0, 0.05) is 6.07 Å². The van der Waals surface area contributed by atoms with E-state index in [1.165, 1.54) is 6.07 Å². The summed E-state index contributed by atoms with van der Waals surface area (Å²) < 4.78 is 32.2. The number of anilines is 1. The van der Waals surface area contributed by atoms with E-state index in [-0.39, 0.29) is 55.7 Å². The number of amides is 4. The molecule has 11 nitrogen and oxygen atoms in total. The topological polar surface area (TPSA) is 151 Å². The van der Waals surface area contributed by atoms with Crippen LogP contribution in [0.4, 0.5) is 10.6 Å². The molecule has 1 saturated heterocycles. The van der Waals surface area contributed by atoms with Gasteiger partial charge in [-0.05, 0) is 12.5 Å². The standard InChI is InChI=1S/C16H17N5O6S.Na.H/c1-10-7-13(18-27-10)19-28(25,26)20-16(24)21-9-12(15(21)23)17-14(22)8-11-5-3-2-4-6-11;;/h2-7,12H,8-9H2,1H3,(H,17,22)(H,18,19)(H,20,24);;/q;+1;-1/t12-;;/m0../s1. The summed E-state index contributed by atoms with van der Waals surface area (Å²) in [6.45, 7) is 1.43. The molecule has 4 amide bonds. The number of benzene rings is 1. The third-order valence-corrected chi connectivity index (χ3v) is 4.73. The first kappa shape index (κ1) is 22.9. The van der Waals surface area contributed by atoms with Crippen LogP contribution in [-0.4, -0.2) is 48.9 Å². The fourth-order valence-electron chi connectivity index (χ4n) is 2.49. The van der Waals surface area contributed by atoms with Gasteiger partial charge in [0.1, 0.15) is 11.8 Å². The van der Waals surface area contributed by atoms with Crippen molar-refractivity contribution in [2.75, 3.05) is 11.3 Å². The molecule has 0 unspecified atom stereocenters.